The molecule has 0 saturated carbocycles. The number of aryl methyl sites for hydroxylation is 1. The van der Waals surface area contributed by atoms with Crippen molar-refractivity contribution in [1.29, 1.82) is 0 Å². The Balaban J connectivity index is 1.58. The van der Waals surface area contributed by atoms with Gasteiger partial charge in [0.1, 0.15) is 18.5 Å². The lowest BCUT2D eigenvalue weighted by Gasteiger charge is -2.18. The van der Waals surface area contributed by atoms with E-state index in [1.807, 2.05) is 42.5 Å². The van der Waals surface area contributed by atoms with Gasteiger partial charge in [-0.2, -0.15) is 0 Å². The first-order valence-corrected chi connectivity index (χ1v) is 9.84. The molecular formula is C24H26NO4-. The number of nitrogens with zero attached hydrogens (tertiary/aromatic N) is 1. The highest BCUT2D eigenvalue weighted by Crippen LogP contribution is 2.22. The molecule has 152 valence electrons. The fraction of sp³-hybridized carbons (Fsp3) is 0.292. The molecule has 29 heavy (non-hydrogen) atoms. The highest BCUT2D eigenvalue weighted by molar-refractivity contribution is 5.70. The summed E-state index contributed by atoms with van der Waals surface area (Å²) < 4.78 is 13.4. The van der Waals surface area contributed by atoms with Crippen molar-refractivity contribution in [2.45, 2.75) is 32.9 Å². The Morgan fingerprint density at radius 2 is 1.76 bits per heavy atom. The first-order chi connectivity index (χ1) is 14.1. The number of ether oxygens (including phenoxy) is 2. The predicted molar refractivity (Wildman–Crippen MR) is 111 cm³/mol. The van der Waals surface area contributed by atoms with Gasteiger partial charge in [-0.15, -0.1) is 0 Å². The van der Waals surface area contributed by atoms with Crippen LogP contribution in [0.1, 0.15) is 18.2 Å². The van der Waals surface area contributed by atoms with Gasteiger partial charge in [0.25, 0.3) is 0 Å². The Labute approximate surface area is 171 Å². The van der Waals surface area contributed by atoms with Crippen LogP contribution in [0, 0.1) is 6.92 Å². The molecule has 0 amide bonds. The molecule has 0 bridgehead atoms. The number of rotatable bonds is 10. The minimum absolute atomic E-state index is 0.277. The van der Waals surface area contributed by atoms with Crippen LogP contribution in [-0.4, -0.2) is 29.9 Å². The topological polar surface area (TPSA) is 63.5 Å². The molecule has 0 fully saturated rings. The summed E-state index contributed by atoms with van der Waals surface area (Å²) in [6, 6.07) is 22.0. The monoisotopic (exact) mass is 392 g/mol. The number of carboxylic acids is 1. The Bertz CT molecular complexity index is 916. The molecule has 1 atom stereocenters. The van der Waals surface area contributed by atoms with Crippen LogP contribution in [0.4, 0.5) is 0 Å². The van der Waals surface area contributed by atoms with Gasteiger partial charge in [-0.25, -0.2) is 0 Å². The number of aliphatic carboxylic acids is 1. The first-order valence-electron chi connectivity index (χ1n) is 9.84. The van der Waals surface area contributed by atoms with E-state index < -0.39 is 12.1 Å². The third-order valence-electron chi connectivity index (χ3n) is 4.83. The zero-order valence-electron chi connectivity index (χ0n) is 16.8. The maximum Gasteiger partial charge on any atom is 0.119 e. The summed E-state index contributed by atoms with van der Waals surface area (Å²) in [5, 5.41) is 11.1. The molecule has 0 radical (unpaired) electrons. The average molecular weight is 392 g/mol. The zero-order chi connectivity index (χ0) is 20.6. The van der Waals surface area contributed by atoms with Crippen LogP contribution < -0.4 is 9.84 Å². The van der Waals surface area contributed by atoms with Crippen LogP contribution in [0.2, 0.25) is 0 Å². The summed E-state index contributed by atoms with van der Waals surface area (Å²) in [7, 11) is 0. The van der Waals surface area contributed by atoms with Crippen LogP contribution >= 0.6 is 0 Å². The van der Waals surface area contributed by atoms with E-state index in [0.717, 1.165) is 17.9 Å². The molecule has 1 heterocycles. The molecule has 5 nitrogen and oxygen atoms in total. The largest absolute Gasteiger partial charge is 0.547 e. The Kier molecular flexibility index (Phi) is 7.09. The van der Waals surface area contributed by atoms with Gasteiger partial charge in [0.2, 0.25) is 0 Å². The lowest BCUT2D eigenvalue weighted by atomic mass is 10.1. The first kappa shape index (κ1) is 20.7. The standard InChI is InChI=1S/C24H27NO4/c1-3-28-23(24(26)27)17-19-10-12-21(13-11-19)29-16-15-25-18(2)9-14-22(25)20-7-5-4-6-8-20/h4-14,23H,3,15-17H2,1-2H3,(H,26,27)/p-1. The second-order valence-electron chi connectivity index (χ2n) is 6.84. The molecule has 3 rings (SSSR count). The second kappa shape index (κ2) is 9.94. The lowest BCUT2D eigenvalue weighted by molar-refractivity contribution is -0.316. The third-order valence-corrected chi connectivity index (χ3v) is 4.83. The molecule has 5 heteroatoms. The van der Waals surface area contributed by atoms with E-state index in [4.69, 9.17) is 9.47 Å². The number of carboxylic acid groups (broad SMARTS) is 1. The van der Waals surface area contributed by atoms with Crippen LogP contribution in [0.5, 0.6) is 5.75 Å². The number of carbonyl (C=O) groups excluding carboxylic acids is 1. The smallest absolute Gasteiger partial charge is 0.119 e. The number of hydrogen-bond donors (Lipinski definition) is 0. The van der Waals surface area contributed by atoms with Crippen molar-refractivity contribution in [3.63, 3.8) is 0 Å². The Morgan fingerprint density at radius 3 is 2.41 bits per heavy atom. The Morgan fingerprint density at radius 1 is 1.03 bits per heavy atom. The maximum absolute atomic E-state index is 11.1. The van der Waals surface area contributed by atoms with Crippen LogP contribution in [0.3, 0.4) is 0 Å². The normalized spacial score (nSPS) is 11.9. The molecule has 0 saturated heterocycles. The molecular weight excluding hydrogens is 366 g/mol. The molecule has 1 unspecified atom stereocenters. The van der Waals surface area contributed by atoms with E-state index >= 15 is 0 Å². The lowest BCUT2D eigenvalue weighted by Crippen LogP contribution is -2.39. The van der Waals surface area contributed by atoms with E-state index in [0.29, 0.717) is 13.2 Å². The summed E-state index contributed by atoms with van der Waals surface area (Å²) in [6.45, 7) is 5.47. The van der Waals surface area contributed by atoms with Crippen molar-refractivity contribution < 1.29 is 19.4 Å². The van der Waals surface area contributed by atoms with Gasteiger partial charge >= 0.3 is 0 Å². The second-order valence-corrected chi connectivity index (χ2v) is 6.84. The number of carbonyl (C=O) groups is 1. The van der Waals surface area contributed by atoms with Gasteiger partial charge < -0.3 is 23.9 Å². The molecule has 0 spiro atoms. The molecule has 0 aliphatic carbocycles. The van der Waals surface area contributed by atoms with Gasteiger partial charge in [-0.3, -0.25) is 0 Å². The van der Waals surface area contributed by atoms with E-state index in [2.05, 4.69) is 35.8 Å². The van der Waals surface area contributed by atoms with Gasteiger partial charge in [0.05, 0.1) is 12.5 Å². The molecule has 0 aliphatic heterocycles. The van der Waals surface area contributed by atoms with Gasteiger partial charge in [-0.05, 0) is 49.2 Å². The summed E-state index contributed by atoms with van der Waals surface area (Å²) in [5.74, 6) is -0.440. The van der Waals surface area contributed by atoms with Crippen molar-refractivity contribution in [1.82, 2.24) is 4.57 Å². The van der Waals surface area contributed by atoms with Crippen LogP contribution in [-0.2, 0) is 22.5 Å². The summed E-state index contributed by atoms with van der Waals surface area (Å²) in [6.07, 6.45) is -0.653. The fourth-order valence-corrected chi connectivity index (χ4v) is 3.33. The third kappa shape index (κ3) is 5.48. The Hall–Kier alpha value is -3.05. The maximum atomic E-state index is 11.1. The van der Waals surface area contributed by atoms with Crippen LogP contribution in [0.25, 0.3) is 11.3 Å². The predicted octanol–water partition coefficient (Wildman–Crippen LogP) is 3.24. The van der Waals surface area contributed by atoms with Crippen molar-refractivity contribution >= 4 is 5.97 Å². The number of benzene rings is 2. The summed E-state index contributed by atoms with van der Waals surface area (Å²) in [5.41, 5.74) is 4.41. The zero-order valence-corrected chi connectivity index (χ0v) is 16.8. The van der Waals surface area contributed by atoms with Crippen molar-refractivity contribution in [3.05, 3.63) is 78.0 Å². The SMILES string of the molecule is CCOC(Cc1ccc(OCCn2c(C)ccc2-c2ccccc2)cc1)C(=O)[O-]. The van der Waals surface area contributed by atoms with E-state index in [9.17, 15) is 9.90 Å². The van der Waals surface area contributed by atoms with E-state index in [1.54, 1.807) is 6.92 Å². The molecule has 0 N–H and O–H groups in total. The van der Waals surface area contributed by atoms with Gasteiger partial charge in [0, 0.05) is 24.4 Å². The molecule has 0 aliphatic rings. The minimum atomic E-state index is -1.19. The van der Waals surface area contributed by atoms with Crippen molar-refractivity contribution in [3.8, 4) is 17.0 Å². The minimum Gasteiger partial charge on any atom is -0.547 e. The number of hydrogen-bond acceptors (Lipinski definition) is 4. The quantitative estimate of drug-likeness (QED) is 0.531. The summed E-state index contributed by atoms with van der Waals surface area (Å²) in [4.78, 5) is 11.1. The highest BCUT2D eigenvalue weighted by atomic mass is 16.5. The van der Waals surface area contributed by atoms with Gasteiger partial charge in [-0.1, -0.05) is 42.5 Å². The number of aromatic nitrogens is 1. The van der Waals surface area contributed by atoms with Crippen LogP contribution in [0.15, 0.2) is 66.7 Å². The molecule has 1 aromatic heterocycles. The summed E-state index contributed by atoms with van der Waals surface area (Å²) >= 11 is 0. The average Bonchev–Trinajstić information content (AvgIpc) is 3.10. The molecule has 2 aromatic carbocycles. The fourth-order valence-electron chi connectivity index (χ4n) is 3.33. The van der Waals surface area contributed by atoms with E-state index in [-0.39, 0.29) is 6.42 Å². The van der Waals surface area contributed by atoms with Crippen molar-refractivity contribution in [2.24, 2.45) is 0 Å². The van der Waals surface area contributed by atoms with E-state index in [1.165, 1.54) is 17.0 Å². The highest BCUT2D eigenvalue weighted by Gasteiger charge is 2.11. The molecule has 3 aromatic rings. The van der Waals surface area contributed by atoms with Crippen molar-refractivity contribution in [2.75, 3.05) is 13.2 Å². The van der Waals surface area contributed by atoms with Gasteiger partial charge in [0.15, 0.2) is 0 Å².